The summed E-state index contributed by atoms with van der Waals surface area (Å²) in [7, 11) is 0. The molecule has 4 N–H and O–H groups in total. The lowest BCUT2D eigenvalue weighted by atomic mass is 10.1. The molecule has 0 aliphatic carbocycles. The Morgan fingerprint density at radius 3 is 2.61 bits per heavy atom. The van der Waals surface area contributed by atoms with Gasteiger partial charge in [-0.3, -0.25) is 4.40 Å². The van der Waals surface area contributed by atoms with Gasteiger partial charge in [-0.15, -0.1) is 0 Å². The van der Waals surface area contributed by atoms with Gasteiger partial charge in [0.25, 0.3) is 0 Å². The maximum absolute atomic E-state index is 12.2. The third-order valence-corrected chi connectivity index (χ3v) is 4.49. The Morgan fingerprint density at radius 2 is 1.84 bits per heavy atom. The Kier molecular flexibility index (Phi) is 5.20. The fourth-order valence-electron chi connectivity index (χ4n) is 3.11. The van der Waals surface area contributed by atoms with Crippen LogP contribution < -0.4 is 16.4 Å². The van der Waals surface area contributed by atoms with Crippen molar-refractivity contribution in [1.29, 1.82) is 0 Å². The summed E-state index contributed by atoms with van der Waals surface area (Å²) < 4.78 is 38.6. The van der Waals surface area contributed by atoms with E-state index in [4.69, 9.17) is 5.73 Å². The number of nitrogen functional groups attached to an aromatic ring is 1. The summed E-state index contributed by atoms with van der Waals surface area (Å²) in [5, 5.41) is 4.18. The molecule has 7 nitrogen and oxygen atoms in total. The van der Waals surface area contributed by atoms with E-state index in [1.165, 1.54) is 0 Å². The minimum Gasteiger partial charge on any atom is -0.384 e. The Morgan fingerprint density at radius 1 is 1.03 bits per heavy atom. The molecule has 0 aliphatic heterocycles. The molecular formula is C21H17F3N6O. The largest absolute Gasteiger partial charge is 0.405 e. The number of hydrogen-bond donors (Lipinski definition) is 3. The van der Waals surface area contributed by atoms with Crippen molar-refractivity contribution in [2.75, 3.05) is 17.6 Å². The van der Waals surface area contributed by atoms with Crippen LogP contribution >= 0.6 is 0 Å². The average molecular weight is 426 g/mol. The number of aromatic nitrogens is 3. The Hall–Kier alpha value is -4.08. The van der Waals surface area contributed by atoms with Gasteiger partial charge < -0.3 is 16.4 Å². The number of nitrogens with zero attached hydrogens (tertiary/aromatic N) is 3. The number of pyridine rings is 2. The highest BCUT2D eigenvalue weighted by Crippen LogP contribution is 2.27. The van der Waals surface area contributed by atoms with E-state index in [1.807, 2.05) is 34.9 Å². The molecule has 31 heavy (non-hydrogen) atoms. The van der Waals surface area contributed by atoms with E-state index in [-0.39, 0.29) is 0 Å². The predicted molar refractivity (Wildman–Crippen MR) is 111 cm³/mol. The van der Waals surface area contributed by atoms with Gasteiger partial charge >= 0.3 is 12.2 Å². The van der Waals surface area contributed by atoms with E-state index in [2.05, 4.69) is 15.3 Å². The van der Waals surface area contributed by atoms with Crippen LogP contribution in [0.25, 0.3) is 28.0 Å². The zero-order valence-electron chi connectivity index (χ0n) is 16.0. The second-order valence-corrected chi connectivity index (χ2v) is 6.76. The fraction of sp³-hybridized carbons (Fsp3) is 0.0952. The van der Waals surface area contributed by atoms with Crippen molar-refractivity contribution in [3.63, 3.8) is 0 Å². The number of carbonyl (C=O) groups is 1. The zero-order chi connectivity index (χ0) is 22.0. The molecule has 4 rings (SSSR count). The van der Waals surface area contributed by atoms with Crippen LogP contribution in [0.2, 0.25) is 0 Å². The van der Waals surface area contributed by atoms with E-state index in [0.29, 0.717) is 17.2 Å². The first-order valence-corrected chi connectivity index (χ1v) is 9.19. The highest BCUT2D eigenvalue weighted by atomic mass is 19.4. The molecule has 3 heterocycles. The molecule has 0 atom stereocenters. The van der Waals surface area contributed by atoms with Crippen LogP contribution in [0.3, 0.4) is 0 Å². The maximum Gasteiger partial charge on any atom is 0.405 e. The van der Waals surface area contributed by atoms with E-state index < -0.39 is 18.8 Å². The number of carbonyl (C=O) groups excluding carboxylic acids is 1. The third kappa shape index (κ3) is 4.74. The van der Waals surface area contributed by atoms with Crippen molar-refractivity contribution in [3.8, 4) is 22.4 Å². The molecule has 0 unspecified atom stereocenters. The molecule has 4 aromatic rings. The molecule has 3 aromatic heterocycles. The second kappa shape index (κ2) is 7.98. The summed E-state index contributed by atoms with van der Waals surface area (Å²) in [6, 6.07) is 13.3. The molecule has 10 heteroatoms. The van der Waals surface area contributed by atoms with Gasteiger partial charge in [0.05, 0.1) is 11.9 Å². The number of fused-ring (bicyclic) bond motifs is 1. The molecule has 0 aliphatic rings. The monoisotopic (exact) mass is 426 g/mol. The Balaban J connectivity index is 1.58. The number of rotatable bonds is 4. The minimum absolute atomic E-state index is 0.357. The molecule has 0 spiro atoms. The number of amides is 2. The van der Waals surface area contributed by atoms with E-state index in [1.54, 1.807) is 42.0 Å². The second-order valence-electron chi connectivity index (χ2n) is 6.76. The van der Waals surface area contributed by atoms with Crippen molar-refractivity contribution in [3.05, 3.63) is 67.1 Å². The quantitative estimate of drug-likeness (QED) is 0.453. The fourth-order valence-corrected chi connectivity index (χ4v) is 3.11. The van der Waals surface area contributed by atoms with Crippen LogP contribution in [0.5, 0.6) is 0 Å². The average Bonchev–Trinajstić information content (AvgIpc) is 3.15. The normalized spacial score (nSPS) is 11.5. The zero-order valence-corrected chi connectivity index (χ0v) is 16.0. The van der Waals surface area contributed by atoms with Gasteiger partial charge in [0.1, 0.15) is 18.0 Å². The Labute approximate surface area is 174 Å². The van der Waals surface area contributed by atoms with Crippen molar-refractivity contribution in [2.45, 2.75) is 6.18 Å². The molecule has 0 bridgehead atoms. The Bertz CT molecular complexity index is 1250. The van der Waals surface area contributed by atoms with Gasteiger partial charge in [-0.25, -0.2) is 14.8 Å². The van der Waals surface area contributed by atoms with Crippen LogP contribution in [0.4, 0.5) is 29.5 Å². The lowest BCUT2D eigenvalue weighted by molar-refractivity contribution is -0.122. The van der Waals surface area contributed by atoms with Crippen LogP contribution in [0.15, 0.2) is 67.1 Å². The van der Waals surface area contributed by atoms with E-state index in [9.17, 15) is 18.0 Å². The molecule has 158 valence electrons. The van der Waals surface area contributed by atoms with Crippen molar-refractivity contribution in [2.24, 2.45) is 0 Å². The number of halogens is 3. The van der Waals surface area contributed by atoms with Crippen molar-refractivity contribution >= 4 is 23.2 Å². The topological polar surface area (TPSA) is 97.3 Å². The molecule has 0 saturated heterocycles. The number of hydrogen-bond acceptors (Lipinski definition) is 4. The summed E-state index contributed by atoms with van der Waals surface area (Å²) in [6.45, 7) is -1.41. The number of alkyl halides is 3. The smallest absolute Gasteiger partial charge is 0.384 e. The summed E-state index contributed by atoms with van der Waals surface area (Å²) in [6.07, 6.45) is 0.703. The number of urea groups is 1. The molecule has 0 fully saturated rings. The lowest BCUT2D eigenvalue weighted by Gasteiger charge is -2.11. The SMILES string of the molecule is Nc1cc(-c2ccn3c(-c4cccc(NC(=O)NCC(F)(F)F)c4)cnc3c2)ccn1. The van der Waals surface area contributed by atoms with Gasteiger partial charge in [0, 0.05) is 23.6 Å². The van der Waals surface area contributed by atoms with E-state index in [0.717, 1.165) is 22.4 Å². The number of anilines is 2. The first-order valence-electron chi connectivity index (χ1n) is 9.19. The van der Waals surface area contributed by atoms with Crippen molar-refractivity contribution in [1.82, 2.24) is 19.7 Å². The molecule has 2 amide bonds. The summed E-state index contributed by atoms with van der Waals surface area (Å²) >= 11 is 0. The third-order valence-electron chi connectivity index (χ3n) is 4.49. The van der Waals surface area contributed by atoms with Gasteiger partial charge in [0.15, 0.2) is 0 Å². The standard InChI is InChI=1S/C21H17F3N6O/c22-21(23,24)12-28-20(31)29-16-3-1-2-15(8-16)17-11-27-19-10-14(5-7-30(17)19)13-4-6-26-18(25)9-13/h1-11H,12H2,(H2,25,26)(H2,28,29,31). The minimum atomic E-state index is -4.48. The number of nitrogens with two attached hydrogens (primary N) is 1. The molecule has 0 saturated carbocycles. The number of imidazole rings is 1. The summed E-state index contributed by atoms with van der Waals surface area (Å²) in [5.74, 6) is 0.421. The molecule has 1 aromatic carbocycles. The van der Waals surface area contributed by atoms with Crippen LogP contribution in [0.1, 0.15) is 0 Å². The first kappa shape index (κ1) is 20.2. The van der Waals surface area contributed by atoms with Gasteiger partial charge in [0.2, 0.25) is 0 Å². The summed E-state index contributed by atoms with van der Waals surface area (Å²) in [5.41, 5.74) is 10.1. The number of nitrogens with one attached hydrogen (secondary N) is 2. The number of benzene rings is 1. The molecular weight excluding hydrogens is 409 g/mol. The van der Waals surface area contributed by atoms with Gasteiger partial charge in [-0.1, -0.05) is 12.1 Å². The first-order chi connectivity index (χ1) is 14.8. The molecule has 0 radical (unpaired) electrons. The lowest BCUT2D eigenvalue weighted by Crippen LogP contribution is -2.36. The summed E-state index contributed by atoms with van der Waals surface area (Å²) in [4.78, 5) is 20.1. The highest BCUT2D eigenvalue weighted by Gasteiger charge is 2.27. The van der Waals surface area contributed by atoms with Crippen molar-refractivity contribution < 1.29 is 18.0 Å². The van der Waals surface area contributed by atoms with Gasteiger partial charge in [-0.2, -0.15) is 13.2 Å². The van der Waals surface area contributed by atoms with Crippen LogP contribution in [0, 0.1) is 0 Å². The van der Waals surface area contributed by atoms with Crippen LogP contribution in [-0.2, 0) is 0 Å². The van der Waals surface area contributed by atoms with Crippen LogP contribution in [-0.4, -0.2) is 33.1 Å². The maximum atomic E-state index is 12.2. The highest BCUT2D eigenvalue weighted by molar-refractivity contribution is 5.90. The predicted octanol–water partition coefficient (Wildman–Crippen LogP) is 4.33. The van der Waals surface area contributed by atoms with E-state index >= 15 is 0 Å². The van der Waals surface area contributed by atoms with Gasteiger partial charge in [-0.05, 0) is 47.5 Å².